The van der Waals surface area contributed by atoms with Gasteiger partial charge >= 0.3 is 0 Å². The van der Waals surface area contributed by atoms with Crippen molar-refractivity contribution in [2.45, 2.75) is 51.1 Å². The van der Waals surface area contributed by atoms with Gasteiger partial charge in [-0.1, -0.05) is 60.3 Å². The van der Waals surface area contributed by atoms with Gasteiger partial charge in [-0.2, -0.15) is 5.10 Å². The molecule has 10 heteroatoms. The molecule has 5 aromatic rings. The average molecular weight is 556 g/mol. The second-order valence-corrected chi connectivity index (χ2v) is 10.9. The van der Waals surface area contributed by atoms with Gasteiger partial charge in [0.1, 0.15) is 0 Å². The topological polar surface area (TPSA) is 105 Å². The highest BCUT2D eigenvalue weighted by Crippen LogP contribution is 2.28. The van der Waals surface area contributed by atoms with Crippen LogP contribution in [-0.4, -0.2) is 48.8 Å². The Hall–Kier alpha value is -4.02. The molecule has 9 nitrogen and oxygen atoms in total. The van der Waals surface area contributed by atoms with Gasteiger partial charge in [0.05, 0.1) is 23.8 Å². The molecule has 1 aliphatic heterocycles. The summed E-state index contributed by atoms with van der Waals surface area (Å²) in [5.41, 5.74) is 3.87. The lowest BCUT2D eigenvalue weighted by Gasteiger charge is -2.14. The van der Waals surface area contributed by atoms with E-state index in [-0.39, 0.29) is 34.3 Å². The van der Waals surface area contributed by atoms with Gasteiger partial charge < -0.3 is 13.7 Å². The number of hydrogen-bond donors (Lipinski definition) is 0. The van der Waals surface area contributed by atoms with E-state index in [4.69, 9.17) is 9.15 Å². The molecular weight excluding hydrogens is 526 g/mol. The van der Waals surface area contributed by atoms with Gasteiger partial charge in [-0.15, -0.1) is 10.2 Å². The van der Waals surface area contributed by atoms with Gasteiger partial charge in [0.2, 0.25) is 0 Å². The molecule has 0 radical (unpaired) electrons. The van der Waals surface area contributed by atoms with Crippen molar-refractivity contribution < 1.29 is 13.9 Å². The molecule has 0 unspecified atom stereocenters. The Morgan fingerprint density at radius 1 is 1.05 bits per heavy atom. The molecule has 1 saturated heterocycles. The second-order valence-electron chi connectivity index (χ2n) is 9.96. The van der Waals surface area contributed by atoms with Crippen molar-refractivity contribution >= 4 is 28.3 Å². The SMILES string of the molecule is Cc1cc(C(=O)CSc2nnc(-c3nn(Cc4ccccc4)c(=O)c4ccccc34)o2)c(C)n1C[C@@H]1CCCO1. The highest BCUT2D eigenvalue weighted by molar-refractivity contribution is 7.99. The van der Waals surface area contributed by atoms with Crippen LogP contribution in [0.3, 0.4) is 0 Å². The maximum absolute atomic E-state index is 13.2. The first-order valence-electron chi connectivity index (χ1n) is 13.3. The number of thioether (sulfide) groups is 1. The number of carbonyl (C=O) groups is 1. The van der Waals surface area contributed by atoms with Crippen LogP contribution in [0.15, 0.2) is 75.1 Å². The van der Waals surface area contributed by atoms with Crippen LogP contribution < -0.4 is 5.56 Å². The van der Waals surface area contributed by atoms with Gasteiger partial charge in [-0.05, 0) is 44.4 Å². The third-order valence-electron chi connectivity index (χ3n) is 7.26. The van der Waals surface area contributed by atoms with E-state index < -0.39 is 0 Å². The van der Waals surface area contributed by atoms with Gasteiger partial charge in [0.25, 0.3) is 16.7 Å². The summed E-state index contributed by atoms with van der Waals surface area (Å²) in [5.74, 6) is 0.354. The minimum atomic E-state index is -0.194. The molecular formula is C30H29N5O4S. The Kier molecular flexibility index (Phi) is 7.36. The zero-order chi connectivity index (χ0) is 27.6. The van der Waals surface area contributed by atoms with E-state index in [9.17, 15) is 9.59 Å². The van der Waals surface area contributed by atoms with E-state index in [0.717, 1.165) is 42.9 Å². The Balaban J connectivity index is 1.22. The van der Waals surface area contributed by atoms with Crippen LogP contribution in [0.5, 0.6) is 0 Å². The maximum Gasteiger partial charge on any atom is 0.277 e. The first-order valence-corrected chi connectivity index (χ1v) is 14.3. The first kappa shape index (κ1) is 26.2. The number of fused-ring (bicyclic) bond motifs is 1. The van der Waals surface area contributed by atoms with Crippen LogP contribution in [0.2, 0.25) is 0 Å². The molecule has 0 N–H and O–H groups in total. The van der Waals surface area contributed by atoms with Crippen LogP contribution in [0.4, 0.5) is 0 Å². The van der Waals surface area contributed by atoms with Crippen LogP contribution in [-0.2, 0) is 17.8 Å². The van der Waals surface area contributed by atoms with Crippen LogP contribution in [0, 0.1) is 13.8 Å². The van der Waals surface area contributed by atoms with E-state index in [1.165, 1.54) is 16.4 Å². The smallest absolute Gasteiger partial charge is 0.277 e. The normalized spacial score (nSPS) is 15.2. The fraction of sp³-hybridized carbons (Fsp3) is 0.300. The van der Waals surface area contributed by atoms with Crippen molar-refractivity contribution in [2.75, 3.05) is 12.4 Å². The molecule has 0 aliphatic carbocycles. The molecule has 0 bridgehead atoms. The summed E-state index contributed by atoms with van der Waals surface area (Å²) >= 11 is 1.19. The number of aryl methyl sites for hydroxylation is 1. The fourth-order valence-corrected chi connectivity index (χ4v) is 5.83. The standard InChI is InChI=1S/C30H29N5O4S/c1-19-15-25(20(2)34(19)17-22-11-8-14-38-22)26(36)18-40-30-32-31-28(39-30)27-23-12-6-7-13-24(23)29(37)35(33-27)16-21-9-4-3-5-10-21/h3-7,9-10,12-13,15,22H,8,11,14,16-18H2,1-2H3/t22-/m0/s1. The quantitative estimate of drug-likeness (QED) is 0.183. The number of hydrogen-bond acceptors (Lipinski definition) is 8. The van der Waals surface area contributed by atoms with E-state index in [2.05, 4.69) is 19.9 Å². The average Bonchev–Trinajstić information content (AvgIpc) is 3.72. The molecule has 3 aromatic heterocycles. The first-order chi connectivity index (χ1) is 19.5. The molecule has 2 aromatic carbocycles. The molecule has 40 heavy (non-hydrogen) atoms. The summed E-state index contributed by atoms with van der Waals surface area (Å²) < 4.78 is 15.3. The third-order valence-corrected chi connectivity index (χ3v) is 8.08. The van der Waals surface area contributed by atoms with Gasteiger partial charge in [0.15, 0.2) is 11.5 Å². The lowest BCUT2D eigenvalue weighted by Crippen LogP contribution is -2.24. The number of nitrogens with zero attached hydrogens (tertiary/aromatic N) is 5. The fourth-order valence-electron chi connectivity index (χ4n) is 5.18. The summed E-state index contributed by atoms with van der Waals surface area (Å²) in [7, 11) is 0. The van der Waals surface area contributed by atoms with Crippen LogP contribution in [0.1, 0.15) is 40.2 Å². The van der Waals surface area contributed by atoms with Crippen molar-refractivity contribution in [3.8, 4) is 11.6 Å². The molecule has 1 aliphatic rings. The van der Waals surface area contributed by atoms with E-state index in [1.54, 1.807) is 6.07 Å². The molecule has 0 amide bonds. The van der Waals surface area contributed by atoms with Crippen molar-refractivity contribution in [1.29, 1.82) is 0 Å². The number of carbonyl (C=O) groups excluding carboxylic acids is 1. The third kappa shape index (κ3) is 5.24. The van der Waals surface area contributed by atoms with Crippen LogP contribution >= 0.6 is 11.8 Å². The number of Topliss-reactive ketones (excluding diaryl/α,β-unsaturated/α-hetero) is 1. The number of aromatic nitrogens is 5. The summed E-state index contributed by atoms with van der Waals surface area (Å²) in [4.78, 5) is 26.3. The summed E-state index contributed by atoms with van der Waals surface area (Å²) in [6.07, 6.45) is 2.33. The Bertz CT molecular complexity index is 1730. The van der Waals surface area contributed by atoms with Crippen LogP contribution in [0.25, 0.3) is 22.4 Å². The molecule has 4 heterocycles. The minimum absolute atomic E-state index is 0.00331. The largest absolute Gasteiger partial charge is 0.409 e. The Morgan fingerprint density at radius 2 is 1.82 bits per heavy atom. The predicted octanol–water partition coefficient (Wildman–Crippen LogP) is 5.07. The van der Waals surface area contributed by atoms with Gasteiger partial charge in [-0.3, -0.25) is 9.59 Å². The molecule has 6 rings (SSSR count). The zero-order valence-electron chi connectivity index (χ0n) is 22.4. The van der Waals surface area contributed by atoms with E-state index >= 15 is 0 Å². The van der Waals surface area contributed by atoms with Crippen molar-refractivity contribution in [3.05, 3.63) is 93.5 Å². The molecule has 0 saturated carbocycles. The van der Waals surface area contributed by atoms with Gasteiger partial charge in [-0.25, -0.2) is 4.68 Å². The molecule has 1 atom stereocenters. The van der Waals surface area contributed by atoms with Crippen molar-refractivity contribution in [2.24, 2.45) is 0 Å². The zero-order valence-corrected chi connectivity index (χ0v) is 23.2. The monoisotopic (exact) mass is 555 g/mol. The maximum atomic E-state index is 13.2. The summed E-state index contributed by atoms with van der Waals surface area (Å²) in [6, 6.07) is 18.9. The summed E-state index contributed by atoms with van der Waals surface area (Å²) in [5, 5.41) is 14.4. The number of benzene rings is 2. The lowest BCUT2D eigenvalue weighted by molar-refractivity contribution is 0.0957. The van der Waals surface area contributed by atoms with Crippen molar-refractivity contribution in [1.82, 2.24) is 24.5 Å². The Labute approximate surface area is 235 Å². The lowest BCUT2D eigenvalue weighted by atomic mass is 10.1. The summed E-state index contributed by atoms with van der Waals surface area (Å²) in [6.45, 7) is 5.88. The van der Waals surface area contributed by atoms with Crippen molar-refractivity contribution in [3.63, 3.8) is 0 Å². The van der Waals surface area contributed by atoms with E-state index in [1.807, 2.05) is 68.4 Å². The Morgan fingerprint density at radius 3 is 2.60 bits per heavy atom. The minimum Gasteiger partial charge on any atom is -0.409 e. The predicted molar refractivity (Wildman–Crippen MR) is 153 cm³/mol. The number of ether oxygens (including phenoxy) is 1. The second kappa shape index (κ2) is 11.2. The highest BCUT2D eigenvalue weighted by Gasteiger charge is 2.22. The molecule has 204 valence electrons. The van der Waals surface area contributed by atoms with Gasteiger partial charge in [0, 0.05) is 35.5 Å². The molecule has 1 fully saturated rings. The van der Waals surface area contributed by atoms with E-state index in [0.29, 0.717) is 28.6 Å². The number of ketones is 1. The number of rotatable bonds is 9. The highest BCUT2D eigenvalue weighted by atomic mass is 32.2. The molecule has 0 spiro atoms.